The maximum atomic E-state index is 12.6. The van der Waals surface area contributed by atoms with Gasteiger partial charge in [-0.25, -0.2) is 9.78 Å². The summed E-state index contributed by atoms with van der Waals surface area (Å²) in [6.07, 6.45) is 3.00. The van der Waals surface area contributed by atoms with E-state index in [1.54, 1.807) is 13.0 Å². The quantitative estimate of drug-likeness (QED) is 0.455. The molecule has 138 valence electrons. The normalized spacial score (nSPS) is 10.4. The monoisotopic (exact) mass is 382 g/mol. The lowest BCUT2D eigenvalue weighted by atomic mass is 10.2. The van der Waals surface area contributed by atoms with E-state index in [-0.39, 0.29) is 12.5 Å². The van der Waals surface area contributed by atoms with Crippen molar-refractivity contribution in [1.29, 1.82) is 0 Å². The van der Waals surface area contributed by atoms with Crippen LogP contribution in [0.4, 0.5) is 5.13 Å². The predicted octanol–water partition coefficient (Wildman–Crippen LogP) is 4.09. The fourth-order valence-electron chi connectivity index (χ4n) is 2.43. The number of carbonyl (C=O) groups excluding carboxylic acids is 2. The number of thiazole rings is 1. The number of furan rings is 1. The second-order valence-electron chi connectivity index (χ2n) is 5.64. The molecule has 0 spiro atoms. The number of aryl methyl sites for hydroxylation is 1. The molecular weight excluding hydrogens is 364 g/mol. The van der Waals surface area contributed by atoms with E-state index in [2.05, 4.69) is 11.6 Å². The van der Waals surface area contributed by atoms with Gasteiger partial charge in [-0.05, 0) is 13.0 Å². The van der Waals surface area contributed by atoms with E-state index in [9.17, 15) is 9.59 Å². The number of aromatic nitrogens is 1. The third-order valence-electron chi connectivity index (χ3n) is 3.81. The van der Waals surface area contributed by atoms with Gasteiger partial charge in [0.05, 0.1) is 12.0 Å². The van der Waals surface area contributed by atoms with Gasteiger partial charge in [0, 0.05) is 17.5 Å². The molecule has 0 saturated heterocycles. The summed E-state index contributed by atoms with van der Waals surface area (Å²) < 4.78 is 10.2. The van der Waals surface area contributed by atoms with E-state index in [0.717, 1.165) is 11.3 Å². The summed E-state index contributed by atoms with van der Waals surface area (Å²) in [5.41, 5.74) is 2.05. The molecule has 27 heavy (non-hydrogen) atoms. The van der Waals surface area contributed by atoms with Crippen LogP contribution in [-0.2, 0) is 9.53 Å². The zero-order chi connectivity index (χ0) is 19.2. The molecule has 0 aliphatic carbocycles. The molecule has 1 aromatic carbocycles. The van der Waals surface area contributed by atoms with Crippen molar-refractivity contribution in [3.05, 3.63) is 72.0 Å². The molecule has 0 bridgehead atoms. The fraction of sp³-hybridized carbons (Fsp3) is 0.150. The Morgan fingerprint density at radius 2 is 2.07 bits per heavy atom. The SMILES string of the molecule is C=CCN(C(=O)COC(=O)c1ccoc1C)c1nc(-c2ccccc2)cs1. The van der Waals surface area contributed by atoms with E-state index in [0.29, 0.717) is 16.5 Å². The number of rotatable bonds is 7. The summed E-state index contributed by atoms with van der Waals surface area (Å²) in [6, 6.07) is 11.2. The molecule has 0 atom stereocenters. The third kappa shape index (κ3) is 4.32. The Morgan fingerprint density at radius 1 is 1.30 bits per heavy atom. The second kappa shape index (κ2) is 8.46. The van der Waals surface area contributed by atoms with Gasteiger partial charge in [-0.3, -0.25) is 9.69 Å². The van der Waals surface area contributed by atoms with Crippen molar-refractivity contribution in [3.8, 4) is 11.3 Å². The van der Waals surface area contributed by atoms with Crippen LogP contribution in [0.1, 0.15) is 16.1 Å². The molecule has 2 aromatic heterocycles. The topological polar surface area (TPSA) is 72.6 Å². The number of nitrogens with zero attached hydrogens (tertiary/aromatic N) is 2. The molecule has 3 aromatic rings. The molecule has 3 rings (SSSR count). The van der Waals surface area contributed by atoms with Crippen molar-refractivity contribution in [2.45, 2.75) is 6.92 Å². The lowest BCUT2D eigenvalue weighted by Crippen LogP contribution is -2.34. The summed E-state index contributed by atoms with van der Waals surface area (Å²) in [5, 5.41) is 2.41. The van der Waals surface area contributed by atoms with Gasteiger partial charge in [-0.1, -0.05) is 36.4 Å². The highest BCUT2D eigenvalue weighted by Crippen LogP contribution is 2.27. The van der Waals surface area contributed by atoms with E-state index < -0.39 is 12.6 Å². The van der Waals surface area contributed by atoms with Crippen LogP contribution in [-0.4, -0.2) is 30.0 Å². The molecule has 1 amide bonds. The highest BCUT2D eigenvalue weighted by molar-refractivity contribution is 7.14. The smallest absolute Gasteiger partial charge is 0.342 e. The number of esters is 1. The largest absolute Gasteiger partial charge is 0.469 e. The van der Waals surface area contributed by atoms with Gasteiger partial charge in [-0.2, -0.15) is 0 Å². The molecule has 0 unspecified atom stereocenters. The minimum absolute atomic E-state index is 0.267. The molecular formula is C20H18N2O4S. The Balaban J connectivity index is 1.70. The maximum absolute atomic E-state index is 12.6. The highest BCUT2D eigenvalue weighted by Gasteiger charge is 2.21. The van der Waals surface area contributed by atoms with Crippen LogP contribution in [0, 0.1) is 6.92 Å². The first-order chi connectivity index (χ1) is 13.1. The molecule has 6 nitrogen and oxygen atoms in total. The molecule has 0 radical (unpaired) electrons. The van der Waals surface area contributed by atoms with Crippen LogP contribution >= 0.6 is 11.3 Å². The van der Waals surface area contributed by atoms with Crippen molar-refractivity contribution in [2.75, 3.05) is 18.1 Å². The molecule has 0 fully saturated rings. The Hall–Kier alpha value is -3.19. The van der Waals surface area contributed by atoms with E-state index in [1.165, 1.54) is 28.6 Å². The Kier molecular flexibility index (Phi) is 5.83. The number of amides is 1. The maximum Gasteiger partial charge on any atom is 0.342 e. The highest BCUT2D eigenvalue weighted by atomic mass is 32.1. The number of anilines is 1. The van der Waals surface area contributed by atoms with E-state index in [1.807, 2.05) is 35.7 Å². The fourth-order valence-corrected chi connectivity index (χ4v) is 3.29. The van der Waals surface area contributed by atoms with Crippen LogP contribution in [0.5, 0.6) is 0 Å². The van der Waals surface area contributed by atoms with Gasteiger partial charge >= 0.3 is 5.97 Å². The molecule has 2 heterocycles. The minimum atomic E-state index is -0.600. The van der Waals surface area contributed by atoms with Crippen LogP contribution in [0.15, 0.2) is 65.1 Å². The number of benzene rings is 1. The zero-order valence-corrected chi connectivity index (χ0v) is 15.6. The van der Waals surface area contributed by atoms with Crippen LogP contribution in [0.25, 0.3) is 11.3 Å². The Morgan fingerprint density at radius 3 is 2.74 bits per heavy atom. The van der Waals surface area contributed by atoms with Crippen molar-refractivity contribution in [3.63, 3.8) is 0 Å². The summed E-state index contributed by atoms with van der Waals surface area (Å²) >= 11 is 1.35. The molecule has 0 aliphatic heterocycles. The average Bonchev–Trinajstić information content (AvgIpc) is 3.34. The lowest BCUT2D eigenvalue weighted by molar-refractivity contribution is -0.121. The number of hydrogen-bond donors (Lipinski definition) is 0. The van der Waals surface area contributed by atoms with Crippen molar-refractivity contribution < 1.29 is 18.7 Å². The summed E-state index contributed by atoms with van der Waals surface area (Å²) in [5.74, 6) is -0.529. The molecule has 7 heteroatoms. The van der Waals surface area contributed by atoms with E-state index in [4.69, 9.17) is 9.15 Å². The first-order valence-corrected chi connectivity index (χ1v) is 9.11. The van der Waals surface area contributed by atoms with Gasteiger partial charge < -0.3 is 9.15 Å². The van der Waals surface area contributed by atoms with Crippen LogP contribution < -0.4 is 4.90 Å². The van der Waals surface area contributed by atoms with Gasteiger partial charge in [0.25, 0.3) is 5.91 Å². The van der Waals surface area contributed by atoms with Crippen LogP contribution in [0.2, 0.25) is 0 Å². The van der Waals surface area contributed by atoms with Gasteiger partial charge in [0.1, 0.15) is 11.3 Å². The van der Waals surface area contributed by atoms with Crippen molar-refractivity contribution in [2.24, 2.45) is 0 Å². The van der Waals surface area contributed by atoms with Gasteiger partial charge in [-0.15, -0.1) is 17.9 Å². The number of hydrogen-bond acceptors (Lipinski definition) is 6. The van der Waals surface area contributed by atoms with Crippen molar-refractivity contribution >= 4 is 28.3 Å². The second-order valence-corrected chi connectivity index (χ2v) is 6.48. The van der Waals surface area contributed by atoms with Crippen LogP contribution in [0.3, 0.4) is 0 Å². The summed E-state index contributed by atoms with van der Waals surface area (Å²) in [6.45, 7) is 5.21. The molecule has 0 N–H and O–H groups in total. The average molecular weight is 382 g/mol. The van der Waals surface area contributed by atoms with Crippen molar-refractivity contribution in [1.82, 2.24) is 4.98 Å². The summed E-state index contributed by atoms with van der Waals surface area (Å²) in [4.78, 5) is 30.6. The summed E-state index contributed by atoms with van der Waals surface area (Å²) in [7, 11) is 0. The molecule has 0 saturated carbocycles. The first-order valence-electron chi connectivity index (χ1n) is 8.23. The van der Waals surface area contributed by atoms with E-state index >= 15 is 0 Å². The predicted molar refractivity (Wildman–Crippen MR) is 104 cm³/mol. The molecule has 0 aliphatic rings. The Bertz CT molecular complexity index is 946. The van der Waals surface area contributed by atoms with Gasteiger partial charge in [0.2, 0.25) is 0 Å². The number of ether oxygens (including phenoxy) is 1. The lowest BCUT2D eigenvalue weighted by Gasteiger charge is -2.17. The first kappa shape index (κ1) is 18.6. The Labute approximate surface area is 160 Å². The van der Waals surface area contributed by atoms with Gasteiger partial charge in [0.15, 0.2) is 11.7 Å². The minimum Gasteiger partial charge on any atom is -0.469 e. The third-order valence-corrected chi connectivity index (χ3v) is 4.67. The standard InChI is InChI=1S/C20H18N2O4S/c1-3-10-22(18(23)12-26-19(24)16-9-11-25-14(16)2)20-21-17(13-27-20)15-7-5-4-6-8-15/h3-9,11,13H,1,10,12H2,2H3. The number of carbonyl (C=O) groups is 2. The zero-order valence-electron chi connectivity index (χ0n) is 14.8.